The summed E-state index contributed by atoms with van der Waals surface area (Å²) < 4.78 is 39.1. The van der Waals surface area contributed by atoms with Crippen LogP contribution in [0.4, 0.5) is 19.0 Å². The van der Waals surface area contributed by atoms with Crippen LogP contribution in [-0.4, -0.2) is 39.8 Å². The summed E-state index contributed by atoms with van der Waals surface area (Å²) in [4.78, 5) is 46.2. The van der Waals surface area contributed by atoms with Crippen LogP contribution in [0.2, 0.25) is 0 Å². The number of pyridine rings is 1. The minimum Gasteiger partial charge on any atom is -0.506 e. The van der Waals surface area contributed by atoms with E-state index in [1.807, 2.05) is 27.7 Å². The van der Waals surface area contributed by atoms with Crippen LogP contribution in [0.15, 0.2) is 41.3 Å². The van der Waals surface area contributed by atoms with E-state index in [-0.39, 0.29) is 16.7 Å². The number of anilines is 1. The molecule has 2 aromatic rings. The Bertz CT molecular complexity index is 1290. The maximum atomic E-state index is 13.3. The molecule has 13 heteroatoms. The summed E-state index contributed by atoms with van der Waals surface area (Å²) in [6.07, 6.45) is -0.0925. The summed E-state index contributed by atoms with van der Waals surface area (Å²) in [5.41, 5.74) is 0.340. The van der Waals surface area contributed by atoms with E-state index in [0.717, 1.165) is 16.9 Å². The predicted molar refractivity (Wildman–Crippen MR) is 142 cm³/mol. The normalized spacial score (nSPS) is 14.2. The third-order valence-electron chi connectivity index (χ3n) is 6.06. The summed E-state index contributed by atoms with van der Waals surface area (Å²) in [6, 6.07) is -0.0809. The minimum atomic E-state index is -4.83. The van der Waals surface area contributed by atoms with Gasteiger partial charge < -0.3 is 21.1 Å². The molecule has 0 aliphatic carbocycles. The molecular weight excluding hydrogens is 535 g/mol. The van der Waals surface area contributed by atoms with Gasteiger partial charge in [0.15, 0.2) is 0 Å². The zero-order valence-corrected chi connectivity index (χ0v) is 23.3. The molecule has 4 N–H and O–H groups in total. The summed E-state index contributed by atoms with van der Waals surface area (Å²) in [7, 11) is 1.52. The van der Waals surface area contributed by atoms with Gasteiger partial charge in [-0.1, -0.05) is 26.3 Å². The first-order valence-corrected chi connectivity index (χ1v) is 13.0. The maximum absolute atomic E-state index is 13.3. The number of amides is 3. The van der Waals surface area contributed by atoms with E-state index in [1.54, 1.807) is 13.0 Å². The molecule has 2 heterocycles. The van der Waals surface area contributed by atoms with E-state index < -0.39 is 41.2 Å². The number of halogens is 3. The van der Waals surface area contributed by atoms with Crippen LogP contribution in [0.5, 0.6) is 5.75 Å². The van der Waals surface area contributed by atoms with Gasteiger partial charge in [-0.25, -0.2) is 9.97 Å². The molecule has 0 radical (unpaired) electrons. The van der Waals surface area contributed by atoms with Gasteiger partial charge in [0.25, 0.3) is 11.8 Å². The van der Waals surface area contributed by atoms with Crippen molar-refractivity contribution in [3.63, 3.8) is 0 Å². The van der Waals surface area contributed by atoms with E-state index in [4.69, 9.17) is 0 Å². The topological polar surface area (TPSA) is 133 Å². The van der Waals surface area contributed by atoms with E-state index >= 15 is 0 Å². The van der Waals surface area contributed by atoms with Gasteiger partial charge in [-0.3, -0.25) is 14.4 Å². The lowest BCUT2D eigenvalue weighted by molar-refractivity contribution is -0.138. The number of carbonyl (C=O) groups is 3. The Morgan fingerprint density at radius 1 is 1.13 bits per heavy atom. The number of thiazole rings is 1. The number of likely N-dealkylation sites (N-methyl/N-ethyl adjacent to an activating group) is 1. The number of aromatic nitrogens is 2. The van der Waals surface area contributed by atoms with Crippen LogP contribution in [-0.2, 0) is 15.8 Å². The van der Waals surface area contributed by atoms with Crippen molar-refractivity contribution in [3.05, 3.63) is 56.7 Å². The Kier molecular flexibility index (Phi) is 10.8. The Morgan fingerprint density at radius 3 is 2.36 bits per heavy atom. The Balaban J connectivity index is 2.24. The number of hydrogen-bond acceptors (Lipinski definition) is 7. The van der Waals surface area contributed by atoms with Crippen molar-refractivity contribution >= 4 is 34.9 Å². The first-order chi connectivity index (χ1) is 18.2. The highest BCUT2D eigenvalue weighted by Crippen LogP contribution is 2.36. The lowest BCUT2D eigenvalue weighted by Gasteiger charge is -2.18. The van der Waals surface area contributed by atoms with Gasteiger partial charge in [-0.2, -0.15) is 13.2 Å². The van der Waals surface area contributed by atoms with Crippen molar-refractivity contribution in [2.45, 2.75) is 59.7 Å². The summed E-state index contributed by atoms with van der Waals surface area (Å²) in [6.45, 7) is 9.23. The molecule has 0 bridgehead atoms. The molecule has 0 aliphatic heterocycles. The molecule has 212 valence electrons. The molecule has 2 aromatic heterocycles. The number of rotatable bonds is 10. The quantitative estimate of drug-likeness (QED) is 0.232. The summed E-state index contributed by atoms with van der Waals surface area (Å²) in [5.74, 6) is -3.04. The average Bonchev–Trinajstić information content (AvgIpc) is 3.39. The smallest absolute Gasteiger partial charge is 0.420 e. The largest absolute Gasteiger partial charge is 0.506 e. The molecule has 0 saturated carbocycles. The first kappa shape index (κ1) is 31.5. The predicted octanol–water partition coefficient (Wildman–Crippen LogP) is 5.14. The molecule has 0 unspecified atom stereocenters. The molecule has 0 saturated heterocycles. The van der Waals surface area contributed by atoms with Crippen LogP contribution in [0.3, 0.4) is 0 Å². The lowest BCUT2D eigenvalue weighted by Crippen LogP contribution is -2.31. The second kappa shape index (κ2) is 13.4. The summed E-state index contributed by atoms with van der Waals surface area (Å²) >= 11 is 0.950. The Morgan fingerprint density at radius 2 is 1.79 bits per heavy atom. The Labute approximate surface area is 228 Å². The lowest BCUT2D eigenvalue weighted by atomic mass is 9.93. The summed E-state index contributed by atoms with van der Waals surface area (Å²) in [5, 5.41) is 17.5. The highest BCUT2D eigenvalue weighted by atomic mass is 32.1. The van der Waals surface area contributed by atoms with Crippen molar-refractivity contribution in [2.75, 3.05) is 12.4 Å². The van der Waals surface area contributed by atoms with Gasteiger partial charge in [-0.05, 0) is 44.7 Å². The SMILES string of the molecule is CC/C(C)=C(\C=C(\C(=O)N[C@H](C)c1ncc(C(=O)Nc2cc(C(F)(F)F)c(O)cn2)s1)[C@H](C)CC)C(=O)NC. The number of hydrogen-bond donors (Lipinski definition) is 4. The van der Waals surface area contributed by atoms with E-state index in [9.17, 15) is 32.7 Å². The number of carbonyl (C=O) groups excluding carboxylic acids is 3. The van der Waals surface area contributed by atoms with Gasteiger partial charge in [0.05, 0.1) is 18.4 Å². The number of aromatic hydroxyl groups is 1. The van der Waals surface area contributed by atoms with Gasteiger partial charge in [-0.15, -0.1) is 11.3 Å². The number of alkyl halides is 3. The van der Waals surface area contributed by atoms with E-state index in [0.29, 0.717) is 41.3 Å². The van der Waals surface area contributed by atoms with Crippen molar-refractivity contribution in [3.8, 4) is 5.75 Å². The van der Waals surface area contributed by atoms with Crippen molar-refractivity contribution in [1.29, 1.82) is 0 Å². The molecule has 2 rings (SSSR count). The van der Waals surface area contributed by atoms with E-state index in [2.05, 4.69) is 25.9 Å². The molecule has 0 fully saturated rings. The minimum absolute atomic E-state index is 0.0793. The average molecular weight is 568 g/mol. The van der Waals surface area contributed by atoms with Crippen LogP contribution in [0.1, 0.15) is 73.7 Å². The second-order valence-electron chi connectivity index (χ2n) is 8.83. The molecule has 0 spiro atoms. The third-order valence-corrected chi connectivity index (χ3v) is 7.24. The van der Waals surface area contributed by atoms with Gasteiger partial charge >= 0.3 is 6.18 Å². The number of allylic oxidation sites excluding steroid dienone is 1. The highest BCUT2D eigenvalue weighted by Gasteiger charge is 2.34. The van der Waals surface area contributed by atoms with Crippen LogP contribution >= 0.6 is 11.3 Å². The molecule has 0 aromatic carbocycles. The molecule has 3 amide bonds. The zero-order valence-electron chi connectivity index (χ0n) is 22.5. The molecule has 2 atom stereocenters. The monoisotopic (exact) mass is 567 g/mol. The molecule has 39 heavy (non-hydrogen) atoms. The fraction of sp³-hybridized carbons (Fsp3) is 0.423. The zero-order chi connectivity index (χ0) is 29.5. The van der Waals surface area contributed by atoms with Crippen molar-refractivity contribution in [1.82, 2.24) is 20.6 Å². The highest BCUT2D eigenvalue weighted by molar-refractivity contribution is 7.13. The fourth-order valence-electron chi connectivity index (χ4n) is 3.37. The fourth-order valence-corrected chi connectivity index (χ4v) is 4.19. The first-order valence-electron chi connectivity index (χ1n) is 12.2. The Hall–Kier alpha value is -3.74. The van der Waals surface area contributed by atoms with Crippen LogP contribution in [0.25, 0.3) is 0 Å². The molecule has 0 aliphatic rings. The van der Waals surface area contributed by atoms with Gasteiger partial charge in [0.2, 0.25) is 5.91 Å². The maximum Gasteiger partial charge on any atom is 0.420 e. The third kappa shape index (κ3) is 8.12. The van der Waals surface area contributed by atoms with E-state index in [1.165, 1.54) is 13.2 Å². The van der Waals surface area contributed by atoms with Crippen molar-refractivity contribution < 1.29 is 32.7 Å². The standard InChI is InChI=1S/C26H32F3N5O4S/c1-7-13(3)16(22(36)30-6)9-17(14(4)8-2)23(37)33-15(5)25-32-12-20(39-25)24(38)34-21-10-18(26(27,28)29)19(35)11-31-21/h9-12,14-15,35H,7-8H2,1-6H3,(H,30,36)(H,33,37)(H,31,34,38)/b16-13+,17-9+/t14-,15-/m1/s1. The van der Waals surface area contributed by atoms with Crippen molar-refractivity contribution in [2.24, 2.45) is 5.92 Å². The second-order valence-corrected chi connectivity index (χ2v) is 9.89. The van der Waals surface area contributed by atoms with Gasteiger partial charge in [0.1, 0.15) is 27.0 Å². The molecule has 9 nitrogen and oxygen atoms in total. The molecular formula is C26H32F3N5O4S. The van der Waals surface area contributed by atoms with Gasteiger partial charge in [0, 0.05) is 18.2 Å². The number of nitrogens with zero attached hydrogens (tertiary/aromatic N) is 2. The van der Waals surface area contributed by atoms with Crippen LogP contribution < -0.4 is 16.0 Å². The van der Waals surface area contributed by atoms with Crippen LogP contribution in [0, 0.1) is 5.92 Å². The number of nitrogens with one attached hydrogen (secondary N) is 3.